The van der Waals surface area contributed by atoms with Gasteiger partial charge in [-0.2, -0.15) is 0 Å². The molecule has 4 heteroatoms. The van der Waals surface area contributed by atoms with Gasteiger partial charge in [0.1, 0.15) is 16.1 Å². The Kier molecular flexibility index (Phi) is 5.53. The molecule has 0 saturated carbocycles. The van der Waals surface area contributed by atoms with Gasteiger partial charge < -0.3 is 9.29 Å². The third-order valence-electron chi connectivity index (χ3n) is 1.15. The fraction of sp³-hybridized carbons (Fsp3) is 0.875. The molecule has 72 valence electrons. The van der Waals surface area contributed by atoms with Crippen molar-refractivity contribution in [3.63, 3.8) is 0 Å². The highest BCUT2D eigenvalue weighted by Gasteiger charge is 2.25. The molecule has 0 aliphatic rings. The molecule has 12 heavy (non-hydrogen) atoms. The fourth-order valence-electron chi connectivity index (χ4n) is 0.449. The smallest absolute Gasteiger partial charge is 0.144 e. The second kappa shape index (κ2) is 5.56. The van der Waals surface area contributed by atoms with Gasteiger partial charge in [-0.15, -0.1) is 0 Å². The Bertz CT molecular complexity index is 142. The molecule has 0 unspecified atom stereocenters. The normalized spacial score (nSPS) is 15.4. The van der Waals surface area contributed by atoms with Gasteiger partial charge in [0.25, 0.3) is 0 Å². The van der Waals surface area contributed by atoms with Crippen LogP contribution in [0.25, 0.3) is 0 Å². The van der Waals surface area contributed by atoms with E-state index in [1.165, 1.54) is 0 Å². The van der Waals surface area contributed by atoms with Crippen LogP contribution in [-0.4, -0.2) is 29.2 Å². The van der Waals surface area contributed by atoms with E-state index in [1.807, 2.05) is 20.8 Å². The first-order valence-corrected chi connectivity index (χ1v) is 5.02. The number of rotatable bonds is 4. The van der Waals surface area contributed by atoms with Crippen molar-refractivity contribution in [2.45, 2.75) is 31.9 Å². The average molecular weight is 191 g/mol. The van der Waals surface area contributed by atoms with Crippen LogP contribution in [0.3, 0.4) is 0 Å². The minimum absolute atomic E-state index is 0.260. The SMILES string of the molecule is COCC/C=N/[S@+]([O-])C(C)(C)C. The molecule has 0 rings (SSSR count). The number of hydrogen-bond acceptors (Lipinski definition) is 3. The lowest BCUT2D eigenvalue weighted by atomic mass is 10.3. The van der Waals surface area contributed by atoms with Crippen LogP contribution in [0.4, 0.5) is 0 Å². The molecule has 1 atom stereocenters. The van der Waals surface area contributed by atoms with Gasteiger partial charge in [-0.1, -0.05) is 4.40 Å². The molecule has 0 N–H and O–H groups in total. The highest BCUT2D eigenvalue weighted by molar-refractivity contribution is 7.91. The molecule has 0 aromatic rings. The number of ether oxygens (including phenoxy) is 1. The molecule has 0 aliphatic carbocycles. The lowest BCUT2D eigenvalue weighted by molar-refractivity contribution is 0.208. The maximum absolute atomic E-state index is 11.3. The van der Waals surface area contributed by atoms with E-state index in [0.717, 1.165) is 6.42 Å². The van der Waals surface area contributed by atoms with Gasteiger partial charge in [-0.3, -0.25) is 0 Å². The van der Waals surface area contributed by atoms with Gasteiger partial charge in [0.15, 0.2) is 0 Å². The van der Waals surface area contributed by atoms with Crippen LogP contribution >= 0.6 is 0 Å². The molecule has 0 bridgehead atoms. The number of nitrogens with zero attached hydrogens (tertiary/aromatic N) is 1. The maximum Gasteiger partial charge on any atom is 0.144 e. The second-order valence-corrected chi connectivity index (χ2v) is 5.36. The van der Waals surface area contributed by atoms with Gasteiger partial charge >= 0.3 is 0 Å². The van der Waals surface area contributed by atoms with E-state index in [0.29, 0.717) is 6.61 Å². The van der Waals surface area contributed by atoms with Gasteiger partial charge in [0.05, 0.1) is 12.8 Å². The van der Waals surface area contributed by atoms with Crippen molar-refractivity contribution in [3.8, 4) is 0 Å². The van der Waals surface area contributed by atoms with E-state index in [9.17, 15) is 4.55 Å². The molecule has 3 nitrogen and oxygen atoms in total. The Morgan fingerprint density at radius 2 is 2.08 bits per heavy atom. The lowest BCUT2D eigenvalue weighted by Gasteiger charge is -2.17. The van der Waals surface area contributed by atoms with E-state index in [4.69, 9.17) is 4.74 Å². The van der Waals surface area contributed by atoms with Crippen molar-refractivity contribution in [1.29, 1.82) is 0 Å². The van der Waals surface area contributed by atoms with E-state index in [-0.39, 0.29) is 4.75 Å². The predicted octanol–water partition coefficient (Wildman–Crippen LogP) is 1.56. The minimum Gasteiger partial charge on any atom is -0.591 e. The summed E-state index contributed by atoms with van der Waals surface area (Å²) in [6.45, 7) is 6.33. The summed E-state index contributed by atoms with van der Waals surface area (Å²) < 4.78 is 19.8. The van der Waals surface area contributed by atoms with Crippen molar-refractivity contribution in [2.75, 3.05) is 13.7 Å². The van der Waals surface area contributed by atoms with Crippen LogP contribution in [0.5, 0.6) is 0 Å². The summed E-state index contributed by atoms with van der Waals surface area (Å²) in [5.41, 5.74) is 0. The van der Waals surface area contributed by atoms with Crippen LogP contribution in [0, 0.1) is 0 Å². The van der Waals surface area contributed by atoms with E-state index in [1.54, 1.807) is 13.3 Å². The number of methoxy groups -OCH3 is 1. The monoisotopic (exact) mass is 191 g/mol. The van der Waals surface area contributed by atoms with Gasteiger partial charge in [-0.05, 0) is 20.8 Å². The molecule has 0 aromatic carbocycles. The highest BCUT2D eigenvalue weighted by Crippen LogP contribution is 2.16. The fourth-order valence-corrected chi connectivity index (χ4v) is 1.01. The number of hydrogen-bond donors (Lipinski definition) is 0. The standard InChI is InChI=1S/C8H17NO2S/c1-8(2,3)12(10)9-6-5-7-11-4/h6H,5,7H2,1-4H3/b9-6+/t12-/m1/s1. The van der Waals surface area contributed by atoms with E-state index >= 15 is 0 Å². The minimum atomic E-state index is -1.13. The first-order valence-electron chi connectivity index (χ1n) is 3.92. The quantitative estimate of drug-likeness (QED) is 0.384. The van der Waals surface area contributed by atoms with E-state index < -0.39 is 11.4 Å². The Balaban J connectivity index is 3.68. The Morgan fingerprint density at radius 1 is 1.50 bits per heavy atom. The van der Waals surface area contributed by atoms with Crippen molar-refractivity contribution in [1.82, 2.24) is 0 Å². The molecule has 0 aliphatic heterocycles. The van der Waals surface area contributed by atoms with Crippen molar-refractivity contribution in [2.24, 2.45) is 4.40 Å². The molecular weight excluding hydrogens is 174 g/mol. The lowest BCUT2D eigenvalue weighted by Crippen LogP contribution is -2.25. The summed E-state index contributed by atoms with van der Waals surface area (Å²) in [5, 5.41) is 0. The zero-order valence-corrected chi connectivity index (χ0v) is 8.98. The van der Waals surface area contributed by atoms with Gasteiger partial charge in [0, 0.05) is 13.5 Å². The summed E-state index contributed by atoms with van der Waals surface area (Å²) in [5.74, 6) is 0. The molecule has 0 radical (unpaired) electrons. The summed E-state index contributed by atoms with van der Waals surface area (Å²) in [6.07, 6.45) is 2.38. The van der Waals surface area contributed by atoms with Crippen molar-refractivity contribution < 1.29 is 9.29 Å². The van der Waals surface area contributed by atoms with Crippen LogP contribution in [0.1, 0.15) is 27.2 Å². The van der Waals surface area contributed by atoms with Crippen LogP contribution in [0.15, 0.2) is 4.40 Å². The molecule has 0 spiro atoms. The Morgan fingerprint density at radius 3 is 2.50 bits per heavy atom. The summed E-state index contributed by atoms with van der Waals surface area (Å²) in [6, 6.07) is 0. The highest BCUT2D eigenvalue weighted by atomic mass is 32.2. The first kappa shape index (κ1) is 11.9. The van der Waals surface area contributed by atoms with Crippen LogP contribution in [0.2, 0.25) is 0 Å². The van der Waals surface area contributed by atoms with Crippen molar-refractivity contribution in [3.05, 3.63) is 0 Å². The first-order chi connectivity index (χ1) is 5.48. The molecule has 0 saturated heterocycles. The maximum atomic E-state index is 11.3. The third kappa shape index (κ3) is 5.57. The summed E-state index contributed by atoms with van der Waals surface area (Å²) in [7, 11) is 1.63. The predicted molar refractivity (Wildman–Crippen MR) is 52.9 cm³/mol. The molecular formula is C8H17NO2S. The van der Waals surface area contributed by atoms with Gasteiger partial charge in [0.2, 0.25) is 0 Å². The second-order valence-electron chi connectivity index (χ2n) is 3.43. The van der Waals surface area contributed by atoms with Crippen LogP contribution in [-0.2, 0) is 16.1 Å². The largest absolute Gasteiger partial charge is 0.591 e. The van der Waals surface area contributed by atoms with Gasteiger partial charge in [-0.25, -0.2) is 0 Å². The zero-order chi connectivity index (χ0) is 9.61. The molecule has 0 amide bonds. The average Bonchev–Trinajstić information content (AvgIpc) is 1.96. The molecule has 0 aromatic heterocycles. The summed E-state index contributed by atoms with van der Waals surface area (Å²) >= 11 is -1.13. The van der Waals surface area contributed by atoms with Crippen molar-refractivity contribution >= 4 is 17.6 Å². The zero-order valence-electron chi connectivity index (χ0n) is 8.16. The Labute approximate surface area is 77.5 Å². The third-order valence-corrected chi connectivity index (χ3v) is 2.53. The topological polar surface area (TPSA) is 44.6 Å². The molecule has 0 fully saturated rings. The summed E-state index contributed by atoms with van der Waals surface area (Å²) in [4.78, 5) is 0. The van der Waals surface area contributed by atoms with E-state index in [2.05, 4.69) is 4.40 Å². The molecule has 0 heterocycles. The Hall–Kier alpha value is -0.0600. The van der Waals surface area contributed by atoms with Crippen LogP contribution < -0.4 is 0 Å².